The van der Waals surface area contributed by atoms with Gasteiger partial charge in [-0.15, -0.1) is 0 Å². The highest BCUT2D eigenvalue weighted by atomic mass is 16.3. The lowest BCUT2D eigenvalue weighted by Crippen LogP contribution is -2.34. The highest BCUT2D eigenvalue weighted by molar-refractivity contribution is 5.89. The molecule has 2 N–H and O–H groups in total. The third-order valence-corrected chi connectivity index (χ3v) is 3.40. The fourth-order valence-corrected chi connectivity index (χ4v) is 2.24. The van der Waals surface area contributed by atoms with E-state index in [1.807, 2.05) is 4.90 Å². The molecule has 1 unspecified atom stereocenters. The van der Waals surface area contributed by atoms with Gasteiger partial charge in [0.1, 0.15) is 0 Å². The van der Waals surface area contributed by atoms with Gasteiger partial charge in [-0.3, -0.25) is 9.59 Å². The van der Waals surface area contributed by atoms with E-state index in [1.165, 1.54) is 0 Å². The van der Waals surface area contributed by atoms with E-state index in [0.717, 1.165) is 19.3 Å². The highest BCUT2D eigenvalue weighted by Crippen LogP contribution is 2.32. The molecule has 0 bridgehead atoms. The summed E-state index contributed by atoms with van der Waals surface area (Å²) in [6.07, 6.45) is 4.04. The molecule has 0 aromatic carbocycles. The maximum atomic E-state index is 11.8. The van der Waals surface area contributed by atoms with Crippen molar-refractivity contribution >= 4 is 11.8 Å². The van der Waals surface area contributed by atoms with Crippen LogP contribution >= 0.6 is 0 Å². The van der Waals surface area contributed by atoms with Crippen LogP contribution in [0, 0.1) is 5.92 Å². The molecule has 17 heavy (non-hydrogen) atoms. The Morgan fingerprint density at radius 2 is 2.18 bits per heavy atom. The second kappa shape index (κ2) is 5.49. The second-order valence-corrected chi connectivity index (χ2v) is 4.90. The first-order valence-electron chi connectivity index (χ1n) is 6.40. The van der Waals surface area contributed by atoms with Crippen LogP contribution in [0.4, 0.5) is 0 Å². The lowest BCUT2D eigenvalue weighted by atomic mass is 10.1. The molecule has 0 aromatic heterocycles. The van der Waals surface area contributed by atoms with Gasteiger partial charge in [0.15, 0.2) is 0 Å². The van der Waals surface area contributed by atoms with E-state index < -0.39 is 0 Å². The van der Waals surface area contributed by atoms with E-state index in [-0.39, 0.29) is 24.3 Å². The first-order chi connectivity index (χ1) is 8.22. The molecule has 96 valence electrons. The molecule has 5 nitrogen and oxygen atoms in total. The van der Waals surface area contributed by atoms with Crippen molar-refractivity contribution in [2.45, 2.75) is 38.1 Å². The van der Waals surface area contributed by atoms with Gasteiger partial charge in [0.05, 0.1) is 5.92 Å². The maximum Gasteiger partial charge on any atom is 0.225 e. The first-order valence-corrected chi connectivity index (χ1v) is 6.40. The molecule has 1 saturated heterocycles. The monoisotopic (exact) mass is 240 g/mol. The number of carbonyl (C=O) groups excluding carboxylic acids is 2. The number of rotatable bonds is 6. The number of hydrogen-bond donors (Lipinski definition) is 2. The summed E-state index contributed by atoms with van der Waals surface area (Å²) in [6, 6.07) is 0.412. The number of nitrogens with zero attached hydrogens (tertiary/aromatic N) is 1. The number of aliphatic hydroxyl groups is 1. The van der Waals surface area contributed by atoms with Gasteiger partial charge in [-0.2, -0.15) is 0 Å². The smallest absolute Gasteiger partial charge is 0.225 e. The summed E-state index contributed by atoms with van der Waals surface area (Å²) in [5, 5.41) is 11.4. The number of carbonyl (C=O) groups is 2. The number of unbranched alkanes of at least 4 members (excludes halogenated alkanes) is 1. The van der Waals surface area contributed by atoms with Gasteiger partial charge in [-0.1, -0.05) is 0 Å². The molecule has 5 heteroatoms. The molecule has 1 aliphatic carbocycles. The maximum absolute atomic E-state index is 11.8. The number of nitrogens with one attached hydrogen (secondary N) is 1. The standard InChI is InChI=1S/C12H20N2O3/c15-6-2-1-5-13-12(17)9-7-11(16)14(8-9)10-3-4-10/h9-10,15H,1-8H2,(H,13,17). The van der Waals surface area contributed by atoms with Crippen LogP contribution in [-0.2, 0) is 9.59 Å². The molecule has 1 aliphatic heterocycles. The quantitative estimate of drug-likeness (QED) is 0.636. The predicted octanol–water partition coefficient (Wildman–Crippen LogP) is -0.114. The predicted molar refractivity (Wildman–Crippen MR) is 62.2 cm³/mol. The van der Waals surface area contributed by atoms with Crippen LogP contribution in [-0.4, -0.2) is 47.6 Å². The zero-order valence-corrected chi connectivity index (χ0v) is 10.0. The number of aliphatic hydroxyl groups excluding tert-OH is 1. The highest BCUT2D eigenvalue weighted by Gasteiger charge is 2.41. The molecule has 2 rings (SSSR count). The molecule has 1 atom stereocenters. The summed E-state index contributed by atoms with van der Waals surface area (Å²) < 4.78 is 0. The van der Waals surface area contributed by atoms with Gasteiger partial charge >= 0.3 is 0 Å². The van der Waals surface area contributed by atoms with E-state index in [9.17, 15) is 9.59 Å². The molecule has 2 aliphatic rings. The van der Waals surface area contributed by atoms with E-state index in [0.29, 0.717) is 32.0 Å². The summed E-state index contributed by atoms with van der Waals surface area (Å²) in [5.74, 6) is -0.0559. The van der Waals surface area contributed by atoms with Crippen LogP contribution in [0.25, 0.3) is 0 Å². The van der Waals surface area contributed by atoms with E-state index in [1.54, 1.807) is 0 Å². The Morgan fingerprint density at radius 3 is 2.82 bits per heavy atom. The van der Waals surface area contributed by atoms with Gasteiger partial charge in [0.25, 0.3) is 0 Å². The first kappa shape index (κ1) is 12.4. The van der Waals surface area contributed by atoms with Crippen molar-refractivity contribution in [3.63, 3.8) is 0 Å². The van der Waals surface area contributed by atoms with Crippen LogP contribution in [0.5, 0.6) is 0 Å². The van der Waals surface area contributed by atoms with Crippen molar-refractivity contribution in [1.29, 1.82) is 0 Å². The minimum Gasteiger partial charge on any atom is -0.396 e. The zero-order valence-electron chi connectivity index (χ0n) is 10.0. The summed E-state index contributed by atoms with van der Waals surface area (Å²) in [4.78, 5) is 25.3. The average Bonchev–Trinajstić information content (AvgIpc) is 3.08. The van der Waals surface area contributed by atoms with E-state index in [4.69, 9.17) is 5.11 Å². The van der Waals surface area contributed by atoms with Crippen LogP contribution in [0.3, 0.4) is 0 Å². The van der Waals surface area contributed by atoms with Crippen molar-refractivity contribution in [2.75, 3.05) is 19.7 Å². The summed E-state index contributed by atoms with van der Waals surface area (Å²) in [5.41, 5.74) is 0. The van der Waals surface area contributed by atoms with E-state index in [2.05, 4.69) is 5.32 Å². The minimum atomic E-state index is -0.169. The largest absolute Gasteiger partial charge is 0.396 e. The Labute approximate surface area is 101 Å². The minimum absolute atomic E-state index is 0.0144. The Hall–Kier alpha value is -1.10. The summed E-state index contributed by atoms with van der Waals surface area (Å²) in [7, 11) is 0. The zero-order chi connectivity index (χ0) is 12.3. The van der Waals surface area contributed by atoms with Gasteiger partial charge in [-0.05, 0) is 25.7 Å². The molecule has 1 saturated carbocycles. The lowest BCUT2D eigenvalue weighted by Gasteiger charge is -2.15. The van der Waals surface area contributed by atoms with Crippen molar-refractivity contribution in [1.82, 2.24) is 10.2 Å². The molecule has 2 fully saturated rings. The topological polar surface area (TPSA) is 69.6 Å². The van der Waals surface area contributed by atoms with Crippen molar-refractivity contribution in [3.8, 4) is 0 Å². The van der Waals surface area contributed by atoms with Crippen LogP contribution in [0.15, 0.2) is 0 Å². The van der Waals surface area contributed by atoms with Crippen molar-refractivity contribution in [2.24, 2.45) is 5.92 Å². The van der Waals surface area contributed by atoms with Gasteiger partial charge in [-0.25, -0.2) is 0 Å². The normalized spacial score (nSPS) is 24.2. The number of hydrogen-bond acceptors (Lipinski definition) is 3. The van der Waals surface area contributed by atoms with Crippen molar-refractivity contribution < 1.29 is 14.7 Å². The second-order valence-electron chi connectivity index (χ2n) is 4.90. The SMILES string of the molecule is O=C(NCCCCO)C1CC(=O)N(C2CC2)C1. The molecule has 0 spiro atoms. The Bertz CT molecular complexity index is 302. The molecule has 0 aromatic rings. The van der Waals surface area contributed by atoms with Gasteiger partial charge in [0, 0.05) is 32.2 Å². The van der Waals surface area contributed by atoms with Gasteiger partial charge in [0.2, 0.25) is 11.8 Å². The van der Waals surface area contributed by atoms with Crippen molar-refractivity contribution in [3.05, 3.63) is 0 Å². The van der Waals surface area contributed by atoms with E-state index >= 15 is 0 Å². The third-order valence-electron chi connectivity index (χ3n) is 3.40. The third kappa shape index (κ3) is 3.19. The molecule has 0 radical (unpaired) electrons. The Morgan fingerprint density at radius 1 is 1.41 bits per heavy atom. The summed E-state index contributed by atoms with van der Waals surface area (Å²) in [6.45, 7) is 1.34. The number of likely N-dealkylation sites (tertiary alicyclic amines) is 1. The molecular formula is C12H20N2O3. The fourth-order valence-electron chi connectivity index (χ4n) is 2.24. The Kier molecular flexibility index (Phi) is 3.99. The van der Waals surface area contributed by atoms with Crippen LogP contribution < -0.4 is 5.32 Å². The van der Waals surface area contributed by atoms with Crippen LogP contribution in [0.2, 0.25) is 0 Å². The molecule has 2 amide bonds. The molecular weight excluding hydrogens is 220 g/mol. The fraction of sp³-hybridized carbons (Fsp3) is 0.833. The lowest BCUT2D eigenvalue weighted by molar-refractivity contribution is -0.129. The van der Waals surface area contributed by atoms with Crippen LogP contribution in [0.1, 0.15) is 32.1 Å². The average molecular weight is 240 g/mol. The molecule has 1 heterocycles. The summed E-state index contributed by atoms with van der Waals surface area (Å²) >= 11 is 0. The van der Waals surface area contributed by atoms with Gasteiger partial charge < -0.3 is 15.3 Å². The Balaban J connectivity index is 1.71. The number of amides is 2.